The van der Waals surface area contributed by atoms with Gasteiger partial charge < -0.3 is 20.4 Å². The maximum Gasteiger partial charge on any atom is 0.178 e. The fourth-order valence-electron chi connectivity index (χ4n) is 2.86. The first kappa shape index (κ1) is 17.7. The Morgan fingerprint density at radius 1 is 1.12 bits per heavy atom. The van der Waals surface area contributed by atoms with Crippen molar-refractivity contribution in [3.8, 4) is 5.75 Å². The number of nitrogens with one attached hydrogen (secondary N) is 1. The molecule has 0 spiro atoms. The van der Waals surface area contributed by atoms with Crippen LogP contribution >= 0.6 is 12.2 Å². The first-order chi connectivity index (χ1) is 11.9. The summed E-state index contributed by atoms with van der Waals surface area (Å²) in [6.07, 6.45) is -1.07. The van der Waals surface area contributed by atoms with E-state index in [1.54, 1.807) is 17.0 Å². The van der Waals surface area contributed by atoms with Crippen LogP contribution in [0.3, 0.4) is 0 Å². The van der Waals surface area contributed by atoms with E-state index >= 15 is 0 Å². The van der Waals surface area contributed by atoms with Gasteiger partial charge in [0.2, 0.25) is 0 Å². The van der Waals surface area contributed by atoms with Gasteiger partial charge in [0.05, 0.1) is 23.7 Å². The van der Waals surface area contributed by atoms with Crippen LogP contribution in [0, 0.1) is 0 Å². The third-order valence-corrected chi connectivity index (χ3v) is 5.97. The molecule has 0 aliphatic carbocycles. The van der Waals surface area contributed by atoms with E-state index in [9.17, 15) is 18.6 Å². The van der Waals surface area contributed by atoms with Gasteiger partial charge in [0.15, 0.2) is 14.9 Å². The molecule has 1 aliphatic heterocycles. The normalized spacial score (nSPS) is 21.6. The molecule has 1 saturated heterocycles. The van der Waals surface area contributed by atoms with Crippen molar-refractivity contribution in [1.29, 1.82) is 0 Å². The van der Waals surface area contributed by atoms with E-state index < -0.39 is 22.0 Å². The van der Waals surface area contributed by atoms with E-state index in [4.69, 9.17) is 12.2 Å². The lowest BCUT2D eigenvalue weighted by Crippen LogP contribution is -2.48. The molecule has 1 fully saturated rings. The van der Waals surface area contributed by atoms with Crippen molar-refractivity contribution in [3.63, 3.8) is 0 Å². The number of aromatic hydroxyl groups is 1. The molecule has 2 aromatic carbocycles. The van der Waals surface area contributed by atoms with E-state index in [1.807, 2.05) is 30.3 Å². The summed E-state index contributed by atoms with van der Waals surface area (Å²) in [4.78, 5) is 1.55. The van der Waals surface area contributed by atoms with Crippen molar-refractivity contribution < 1.29 is 18.6 Å². The molecule has 0 bridgehead atoms. The average Bonchev–Trinajstić information content (AvgIpc) is 2.81. The largest absolute Gasteiger partial charge is 0.508 e. The zero-order valence-corrected chi connectivity index (χ0v) is 14.9. The van der Waals surface area contributed by atoms with Gasteiger partial charge in [-0.3, -0.25) is 0 Å². The quantitative estimate of drug-likeness (QED) is 0.701. The maximum absolute atomic E-state index is 11.9. The number of thiocarbonyl (C=S) groups is 1. The van der Waals surface area contributed by atoms with Crippen molar-refractivity contribution in [2.24, 2.45) is 0 Å². The second-order valence-electron chi connectivity index (χ2n) is 5.90. The standard InChI is InChI=1S/C17H18N2O4S2/c20-14-8-4-7-13(9-14)19(15-10-25(22,23)11-16(15)21)17(24)18-12-5-2-1-3-6-12/h1-9,15-16,20-21H,10-11H2,(H,18,24)/t15-,16+/m0/s1. The summed E-state index contributed by atoms with van der Waals surface area (Å²) >= 11 is 5.47. The van der Waals surface area contributed by atoms with E-state index in [-0.39, 0.29) is 22.4 Å². The number of aliphatic hydroxyl groups excluding tert-OH is 1. The fraction of sp³-hybridized carbons (Fsp3) is 0.235. The Kier molecular flexibility index (Phi) is 4.94. The molecule has 25 heavy (non-hydrogen) atoms. The summed E-state index contributed by atoms with van der Waals surface area (Å²) in [5.41, 5.74) is 1.25. The first-order valence-corrected chi connectivity index (χ1v) is 9.91. The molecule has 0 radical (unpaired) electrons. The topological polar surface area (TPSA) is 89.9 Å². The van der Waals surface area contributed by atoms with Gasteiger partial charge in [-0.1, -0.05) is 24.3 Å². The van der Waals surface area contributed by atoms with Crippen LogP contribution in [0.4, 0.5) is 11.4 Å². The number of hydrogen-bond acceptors (Lipinski definition) is 5. The molecular weight excluding hydrogens is 360 g/mol. The van der Waals surface area contributed by atoms with Crippen LogP contribution in [0.5, 0.6) is 5.75 Å². The molecule has 1 heterocycles. The number of para-hydroxylation sites is 1. The van der Waals surface area contributed by atoms with Gasteiger partial charge in [-0.2, -0.15) is 0 Å². The van der Waals surface area contributed by atoms with Crippen LogP contribution < -0.4 is 10.2 Å². The highest BCUT2D eigenvalue weighted by atomic mass is 32.2. The van der Waals surface area contributed by atoms with Crippen LogP contribution in [0.2, 0.25) is 0 Å². The lowest BCUT2D eigenvalue weighted by molar-refractivity contribution is 0.184. The Hall–Kier alpha value is -2.16. The Balaban J connectivity index is 1.96. The molecule has 2 atom stereocenters. The SMILES string of the molecule is O=S1(=O)C[C@@H](O)[C@@H](N(C(=S)Nc2ccccc2)c2cccc(O)c2)C1. The van der Waals surface area contributed by atoms with Crippen molar-refractivity contribution in [1.82, 2.24) is 0 Å². The summed E-state index contributed by atoms with van der Waals surface area (Å²) in [5, 5.41) is 23.3. The number of phenols is 1. The molecule has 0 saturated carbocycles. The first-order valence-electron chi connectivity index (χ1n) is 7.68. The number of anilines is 2. The highest BCUT2D eigenvalue weighted by molar-refractivity contribution is 7.91. The second kappa shape index (κ2) is 6.99. The number of rotatable bonds is 3. The van der Waals surface area contributed by atoms with Gasteiger partial charge in [-0.25, -0.2) is 8.42 Å². The van der Waals surface area contributed by atoms with Crippen LogP contribution in [0.15, 0.2) is 54.6 Å². The Bertz CT molecular complexity index is 871. The van der Waals surface area contributed by atoms with Crippen molar-refractivity contribution in [2.75, 3.05) is 21.7 Å². The molecule has 0 amide bonds. The van der Waals surface area contributed by atoms with E-state index in [2.05, 4.69) is 5.32 Å². The summed E-state index contributed by atoms with van der Waals surface area (Å²) in [6.45, 7) is 0. The Morgan fingerprint density at radius 3 is 2.44 bits per heavy atom. The summed E-state index contributed by atoms with van der Waals surface area (Å²) in [6, 6.07) is 14.8. The monoisotopic (exact) mass is 378 g/mol. The van der Waals surface area contributed by atoms with Gasteiger partial charge in [-0.15, -0.1) is 0 Å². The highest BCUT2D eigenvalue weighted by Crippen LogP contribution is 2.28. The van der Waals surface area contributed by atoms with E-state index in [0.29, 0.717) is 5.69 Å². The third-order valence-electron chi connectivity index (χ3n) is 3.98. The molecular formula is C17H18N2O4S2. The number of hydrogen-bond donors (Lipinski definition) is 3. The van der Waals surface area contributed by atoms with Crippen molar-refractivity contribution in [2.45, 2.75) is 12.1 Å². The van der Waals surface area contributed by atoms with Gasteiger partial charge in [0.1, 0.15) is 5.75 Å². The molecule has 132 valence electrons. The molecule has 1 aliphatic rings. The predicted molar refractivity (Wildman–Crippen MR) is 102 cm³/mol. The van der Waals surface area contributed by atoms with Gasteiger partial charge in [0.25, 0.3) is 0 Å². The molecule has 0 aromatic heterocycles. The zero-order valence-electron chi connectivity index (χ0n) is 13.2. The molecule has 3 rings (SSSR count). The van der Waals surface area contributed by atoms with Gasteiger partial charge in [-0.05, 0) is 36.5 Å². The molecule has 0 unspecified atom stereocenters. The third kappa shape index (κ3) is 4.09. The van der Waals surface area contributed by atoms with E-state index in [0.717, 1.165) is 5.69 Å². The van der Waals surface area contributed by atoms with Gasteiger partial charge in [0, 0.05) is 17.4 Å². The van der Waals surface area contributed by atoms with E-state index in [1.165, 1.54) is 12.1 Å². The second-order valence-corrected chi connectivity index (χ2v) is 8.44. The highest BCUT2D eigenvalue weighted by Gasteiger charge is 2.41. The molecule has 8 heteroatoms. The number of phenolic OH excluding ortho intramolecular Hbond substituents is 1. The minimum Gasteiger partial charge on any atom is -0.508 e. The fourth-order valence-corrected chi connectivity index (χ4v) is 4.99. The maximum atomic E-state index is 11.9. The minimum atomic E-state index is -3.36. The number of nitrogens with zero attached hydrogens (tertiary/aromatic N) is 1. The van der Waals surface area contributed by atoms with Crippen LogP contribution in [0.1, 0.15) is 0 Å². The van der Waals surface area contributed by atoms with Crippen LogP contribution in [-0.2, 0) is 9.84 Å². The predicted octanol–water partition coefficient (Wildman–Crippen LogP) is 1.75. The lowest BCUT2D eigenvalue weighted by atomic mass is 10.1. The summed E-state index contributed by atoms with van der Waals surface area (Å²) < 4.78 is 23.9. The minimum absolute atomic E-state index is 0.0281. The summed E-state index contributed by atoms with van der Waals surface area (Å²) in [5.74, 6) is -0.484. The number of benzene rings is 2. The summed E-state index contributed by atoms with van der Waals surface area (Å²) in [7, 11) is -3.36. The van der Waals surface area contributed by atoms with Crippen LogP contribution in [0.25, 0.3) is 0 Å². The van der Waals surface area contributed by atoms with Crippen LogP contribution in [-0.4, -0.2) is 47.4 Å². The molecule has 6 nitrogen and oxygen atoms in total. The Labute approximate surface area is 151 Å². The molecule has 3 N–H and O–H groups in total. The number of aliphatic hydroxyl groups is 1. The average molecular weight is 378 g/mol. The van der Waals surface area contributed by atoms with Gasteiger partial charge >= 0.3 is 0 Å². The van der Waals surface area contributed by atoms with Crippen molar-refractivity contribution in [3.05, 3.63) is 54.6 Å². The van der Waals surface area contributed by atoms with Crippen molar-refractivity contribution >= 4 is 38.5 Å². The number of sulfone groups is 1. The smallest absolute Gasteiger partial charge is 0.178 e. The molecule has 2 aromatic rings. The zero-order chi connectivity index (χ0) is 18.0. The lowest BCUT2D eigenvalue weighted by Gasteiger charge is -2.32. The Morgan fingerprint density at radius 2 is 1.84 bits per heavy atom.